The summed E-state index contributed by atoms with van der Waals surface area (Å²) in [4.78, 5) is 7.37. The summed E-state index contributed by atoms with van der Waals surface area (Å²) in [6.45, 7) is 15.7. The molecule has 9 nitrogen and oxygen atoms in total. The fraction of sp³-hybridized carbons (Fsp3) is 0.864. The zero-order valence-electron chi connectivity index (χ0n) is 20.1. The summed E-state index contributed by atoms with van der Waals surface area (Å²) in [6, 6.07) is 0.208. The number of halogens is 1. The van der Waals surface area contributed by atoms with E-state index in [1.807, 2.05) is 0 Å². The van der Waals surface area contributed by atoms with Crippen LogP contribution in [0.3, 0.4) is 0 Å². The van der Waals surface area contributed by atoms with Gasteiger partial charge in [0.15, 0.2) is 5.96 Å². The first-order valence-corrected chi connectivity index (χ1v) is 11.9. The minimum absolute atomic E-state index is 0. The van der Waals surface area contributed by atoms with E-state index < -0.39 is 0 Å². The van der Waals surface area contributed by atoms with Crippen LogP contribution in [0.4, 0.5) is 0 Å². The van der Waals surface area contributed by atoms with E-state index in [4.69, 9.17) is 14.5 Å². The third-order valence-corrected chi connectivity index (χ3v) is 5.84. The molecule has 0 amide bonds. The summed E-state index contributed by atoms with van der Waals surface area (Å²) in [6.07, 6.45) is 5.27. The average molecular weight is 564 g/mol. The van der Waals surface area contributed by atoms with Crippen LogP contribution in [-0.4, -0.2) is 89.8 Å². The lowest BCUT2D eigenvalue weighted by Crippen LogP contribution is -2.49. The normalized spacial score (nSPS) is 23.2. The Labute approximate surface area is 210 Å². The zero-order chi connectivity index (χ0) is 22.1. The first kappa shape index (κ1) is 27.3. The Morgan fingerprint density at radius 2 is 2.12 bits per heavy atom. The van der Waals surface area contributed by atoms with Crippen LogP contribution in [0.2, 0.25) is 0 Å². The van der Waals surface area contributed by atoms with Gasteiger partial charge >= 0.3 is 0 Å². The lowest BCUT2D eigenvalue weighted by Gasteiger charge is -2.33. The van der Waals surface area contributed by atoms with Crippen LogP contribution >= 0.6 is 24.0 Å². The van der Waals surface area contributed by atoms with E-state index in [2.05, 4.69) is 58.0 Å². The van der Waals surface area contributed by atoms with Crippen LogP contribution in [0.1, 0.15) is 46.4 Å². The Morgan fingerprint density at radius 3 is 2.84 bits per heavy atom. The lowest BCUT2D eigenvalue weighted by atomic mass is 10.1. The maximum atomic E-state index is 5.99. The molecule has 3 heterocycles. The third-order valence-electron chi connectivity index (χ3n) is 5.84. The molecule has 2 saturated heterocycles. The van der Waals surface area contributed by atoms with Crippen molar-refractivity contribution in [3.05, 3.63) is 12.2 Å². The molecule has 32 heavy (non-hydrogen) atoms. The number of aliphatic imine (C=N–C) groups is 1. The van der Waals surface area contributed by atoms with Crippen molar-refractivity contribution in [3.8, 4) is 0 Å². The Balaban J connectivity index is 0.00000363. The molecule has 3 rings (SSSR count). The SMILES string of the molecule is CCc1nncn1CCNC(=NCC1CN(CC(C)C)CCO1)NC(C)C1CCCO1.I. The van der Waals surface area contributed by atoms with Gasteiger partial charge in [0.25, 0.3) is 0 Å². The fourth-order valence-corrected chi connectivity index (χ4v) is 4.26. The van der Waals surface area contributed by atoms with Gasteiger partial charge in [0.1, 0.15) is 12.2 Å². The van der Waals surface area contributed by atoms with E-state index in [1.165, 1.54) is 0 Å². The summed E-state index contributed by atoms with van der Waals surface area (Å²) < 4.78 is 13.9. The van der Waals surface area contributed by atoms with Crippen LogP contribution in [-0.2, 0) is 22.4 Å². The molecule has 2 N–H and O–H groups in total. The van der Waals surface area contributed by atoms with Crippen molar-refractivity contribution >= 4 is 29.9 Å². The highest BCUT2D eigenvalue weighted by Gasteiger charge is 2.24. The largest absolute Gasteiger partial charge is 0.376 e. The zero-order valence-corrected chi connectivity index (χ0v) is 22.5. The van der Waals surface area contributed by atoms with Crippen LogP contribution in [0.5, 0.6) is 0 Å². The minimum atomic E-state index is 0. The number of aryl methyl sites for hydroxylation is 1. The molecule has 1 aromatic heterocycles. The molecule has 0 aliphatic carbocycles. The molecule has 2 aliphatic rings. The topological polar surface area (TPSA) is 88.8 Å². The van der Waals surface area contributed by atoms with Crippen molar-refractivity contribution in [2.24, 2.45) is 10.9 Å². The highest BCUT2D eigenvalue weighted by molar-refractivity contribution is 14.0. The molecule has 1 aromatic rings. The molecule has 0 spiro atoms. The van der Waals surface area contributed by atoms with Gasteiger partial charge in [-0.15, -0.1) is 34.2 Å². The number of nitrogens with zero attached hydrogens (tertiary/aromatic N) is 5. The second-order valence-electron chi connectivity index (χ2n) is 9.04. The maximum absolute atomic E-state index is 5.99. The number of rotatable bonds is 10. The summed E-state index contributed by atoms with van der Waals surface area (Å²) in [5.74, 6) is 2.49. The van der Waals surface area contributed by atoms with Crippen LogP contribution in [0.25, 0.3) is 0 Å². The van der Waals surface area contributed by atoms with Crippen LogP contribution < -0.4 is 10.6 Å². The quantitative estimate of drug-likeness (QED) is 0.256. The summed E-state index contributed by atoms with van der Waals surface area (Å²) in [7, 11) is 0. The van der Waals surface area contributed by atoms with Crippen molar-refractivity contribution in [2.75, 3.05) is 45.9 Å². The Morgan fingerprint density at radius 1 is 1.28 bits per heavy atom. The van der Waals surface area contributed by atoms with Crippen molar-refractivity contribution in [1.29, 1.82) is 0 Å². The van der Waals surface area contributed by atoms with Gasteiger partial charge in [-0.25, -0.2) is 0 Å². The molecule has 2 fully saturated rings. The number of hydrogen-bond donors (Lipinski definition) is 2. The third kappa shape index (κ3) is 8.75. The van der Waals surface area contributed by atoms with Gasteiger partial charge in [0.05, 0.1) is 31.4 Å². The number of aromatic nitrogens is 3. The van der Waals surface area contributed by atoms with Crippen molar-refractivity contribution in [3.63, 3.8) is 0 Å². The Bertz CT molecular complexity index is 679. The van der Waals surface area contributed by atoms with Crippen LogP contribution in [0.15, 0.2) is 11.3 Å². The second kappa shape index (κ2) is 14.3. The average Bonchev–Trinajstić information content (AvgIpc) is 3.43. The van der Waals surface area contributed by atoms with Gasteiger partial charge in [0.2, 0.25) is 0 Å². The molecule has 10 heteroatoms. The minimum Gasteiger partial charge on any atom is -0.376 e. The highest BCUT2D eigenvalue weighted by Crippen LogP contribution is 2.15. The van der Waals surface area contributed by atoms with Gasteiger partial charge in [-0.3, -0.25) is 9.89 Å². The number of hydrogen-bond acceptors (Lipinski definition) is 6. The molecule has 3 atom stereocenters. The predicted molar refractivity (Wildman–Crippen MR) is 138 cm³/mol. The van der Waals surface area contributed by atoms with E-state index >= 15 is 0 Å². The first-order valence-electron chi connectivity index (χ1n) is 11.9. The standard InChI is InChI=1S/C22H41N7O2.HI/c1-5-21-27-25-16-29(21)9-8-23-22(26-18(4)20-7-6-11-31-20)24-13-19-15-28(10-12-30-19)14-17(2)3;/h16-20H,5-15H2,1-4H3,(H2,23,24,26);1H. The number of guanidine groups is 1. The monoisotopic (exact) mass is 563 g/mol. The summed E-state index contributed by atoms with van der Waals surface area (Å²) in [5, 5.41) is 15.2. The van der Waals surface area contributed by atoms with Crippen LogP contribution in [0, 0.1) is 5.92 Å². The maximum Gasteiger partial charge on any atom is 0.191 e. The number of ether oxygens (including phenoxy) is 2. The highest BCUT2D eigenvalue weighted by atomic mass is 127. The van der Waals surface area contributed by atoms with E-state index in [0.717, 1.165) is 77.0 Å². The molecule has 184 valence electrons. The molecular formula is C22H42IN7O2. The van der Waals surface area contributed by atoms with Crippen molar-refractivity contribution in [1.82, 2.24) is 30.3 Å². The van der Waals surface area contributed by atoms with E-state index in [-0.39, 0.29) is 42.2 Å². The van der Waals surface area contributed by atoms with E-state index in [1.54, 1.807) is 6.33 Å². The fourth-order valence-electron chi connectivity index (χ4n) is 4.26. The number of morpholine rings is 1. The van der Waals surface area contributed by atoms with Gasteiger partial charge in [-0.2, -0.15) is 0 Å². The molecule has 0 bridgehead atoms. The van der Waals surface area contributed by atoms with Crippen molar-refractivity contribution < 1.29 is 9.47 Å². The second-order valence-corrected chi connectivity index (χ2v) is 9.04. The summed E-state index contributed by atoms with van der Waals surface area (Å²) >= 11 is 0. The molecule has 0 saturated carbocycles. The van der Waals surface area contributed by atoms with E-state index in [0.29, 0.717) is 12.5 Å². The van der Waals surface area contributed by atoms with Gasteiger partial charge < -0.3 is 24.7 Å². The molecule has 0 aromatic carbocycles. The van der Waals surface area contributed by atoms with Gasteiger partial charge in [-0.1, -0.05) is 20.8 Å². The predicted octanol–water partition coefficient (Wildman–Crippen LogP) is 1.92. The van der Waals surface area contributed by atoms with Gasteiger partial charge in [0, 0.05) is 45.8 Å². The molecule has 0 radical (unpaired) electrons. The lowest BCUT2D eigenvalue weighted by molar-refractivity contribution is -0.0262. The smallest absolute Gasteiger partial charge is 0.191 e. The van der Waals surface area contributed by atoms with E-state index in [9.17, 15) is 0 Å². The van der Waals surface area contributed by atoms with Gasteiger partial charge in [-0.05, 0) is 25.7 Å². The molecular weight excluding hydrogens is 521 g/mol. The Hall–Kier alpha value is -0.980. The number of nitrogens with one attached hydrogen (secondary N) is 2. The first-order chi connectivity index (χ1) is 15.0. The molecule has 2 aliphatic heterocycles. The molecule has 3 unspecified atom stereocenters. The summed E-state index contributed by atoms with van der Waals surface area (Å²) in [5.41, 5.74) is 0. The Kier molecular flexibility index (Phi) is 12.2. The van der Waals surface area contributed by atoms with Crippen molar-refractivity contribution in [2.45, 2.75) is 71.8 Å².